The molecule has 0 saturated carbocycles. The predicted molar refractivity (Wildman–Crippen MR) is 117 cm³/mol. The van der Waals surface area contributed by atoms with E-state index in [1.54, 1.807) is 62.4 Å². The number of hydrogen-bond donors (Lipinski definition) is 4. The maximum Gasteiger partial charge on any atom is 0.325 e. The lowest BCUT2D eigenvalue weighted by Gasteiger charge is -2.22. The second-order valence-corrected chi connectivity index (χ2v) is 7.58. The molecule has 6 amide bonds. The van der Waals surface area contributed by atoms with Gasteiger partial charge in [0.2, 0.25) is 5.91 Å². The zero-order chi connectivity index (χ0) is 23.5. The summed E-state index contributed by atoms with van der Waals surface area (Å²) in [5, 5.41) is 7.89. The van der Waals surface area contributed by atoms with Crippen LogP contribution in [0.1, 0.15) is 31.0 Å². The Balaban J connectivity index is 1.64. The van der Waals surface area contributed by atoms with Gasteiger partial charge in [0.1, 0.15) is 17.8 Å². The fourth-order valence-electron chi connectivity index (χ4n) is 3.47. The first kappa shape index (κ1) is 22.6. The average molecular weight is 439 g/mol. The summed E-state index contributed by atoms with van der Waals surface area (Å²) in [5.41, 5.74) is 5.68. The number of imide groups is 1. The quantitative estimate of drug-likeness (QED) is 0.487. The van der Waals surface area contributed by atoms with E-state index < -0.39 is 36.0 Å². The molecule has 2 aromatic carbocycles. The standard InChI is InChI=1S/C22H25N5O5/c1-13(14-4-8-16(9-5-14)25-20(23)30)24-18(28)12-27-19(29)22(2,26-21(27)31)15-6-10-17(32-3)11-7-15/h4-11,13H,12H2,1-3H3,(H,24,28)(H,26,31)(H3,23,25,30). The zero-order valence-corrected chi connectivity index (χ0v) is 18.0. The van der Waals surface area contributed by atoms with Crippen molar-refractivity contribution in [2.45, 2.75) is 25.4 Å². The number of urea groups is 2. The van der Waals surface area contributed by atoms with Crippen molar-refractivity contribution < 1.29 is 23.9 Å². The van der Waals surface area contributed by atoms with E-state index in [1.165, 1.54) is 7.11 Å². The van der Waals surface area contributed by atoms with Crippen LogP contribution in [0.4, 0.5) is 15.3 Å². The number of anilines is 1. The first-order chi connectivity index (χ1) is 15.1. The summed E-state index contributed by atoms with van der Waals surface area (Å²) in [6, 6.07) is 11.8. The zero-order valence-electron chi connectivity index (χ0n) is 18.0. The monoisotopic (exact) mass is 439 g/mol. The van der Waals surface area contributed by atoms with Crippen molar-refractivity contribution in [3.63, 3.8) is 0 Å². The van der Waals surface area contributed by atoms with E-state index in [4.69, 9.17) is 10.5 Å². The predicted octanol–water partition coefficient (Wildman–Crippen LogP) is 1.83. The molecule has 10 heteroatoms. The van der Waals surface area contributed by atoms with Gasteiger partial charge in [0.05, 0.1) is 13.2 Å². The van der Waals surface area contributed by atoms with Crippen LogP contribution in [0, 0.1) is 0 Å². The number of nitrogens with zero attached hydrogens (tertiary/aromatic N) is 1. The van der Waals surface area contributed by atoms with E-state index >= 15 is 0 Å². The Morgan fingerprint density at radius 1 is 1.12 bits per heavy atom. The molecule has 0 radical (unpaired) electrons. The van der Waals surface area contributed by atoms with Gasteiger partial charge >= 0.3 is 12.1 Å². The van der Waals surface area contributed by atoms with Gasteiger partial charge in [0.25, 0.3) is 5.91 Å². The molecule has 3 rings (SSSR count). The second-order valence-electron chi connectivity index (χ2n) is 7.58. The van der Waals surface area contributed by atoms with Crippen LogP contribution < -0.4 is 26.4 Å². The highest BCUT2D eigenvalue weighted by atomic mass is 16.5. The Morgan fingerprint density at radius 3 is 2.31 bits per heavy atom. The number of rotatable bonds is 7. The molecule has 5 N–H and O–H groups in total. The molecule has 0 aromatic heterocycles. The van der Waals surface area contributed by atoms with Crippen LogP contribution >= 0.6 is 0 Å². The molecule has 1 saturated heterocycles. The number of amides is 6. The van der Waals surface area contributed by atoms with E-state index in [9.17, 15) is 19.2 Å². The molecule has 1 heterocycles. The number of benzene rings is 2. The maximum atomic E-state index is 13.0. The van der Waals surface area contributed by atoms with Gasteiger partial charge in [0.15, 0.2) is 0 Å². The molecule has 2 unspecified atom stereocenters. The Hall–Kier alpha value is -4.08. The number of hydrogen-bond acceptors (Lipinski definition) is 5. The Labute approximate surface area is 185 Å². The van der Waals surface area contributed by atoms with Crippen LogP contribution in [0.2, 0.25) is 0 Å². The molecule has 2 atom stereocenters. The van der Waals surface area contributed by atoms with Gasteiger partial charge < -0.3 is 26.4 Å². The molecular weight excluding hydrogens is 414 g/mol. The van der Waals surface area contributed by atoms with Gasteiger partial charge in [-0.25, -0.2) is 9.59 Å². The Morgan fingerprint density at radius 2 is 1.75 bits per heavy atom. The van der Waals surface area contributed by atoms with Gasteiger partial charge in [-0.15, -0.1) is 0 Å². The third-order valence-electron chi connectivity index (χ3n) is 5.30. The molecular formula is C22H25N5O5. The highest BCUT2D eigenvalue weighted by Gasteiger charge is 2.49. The van der Waals surface area contributed by atoms with Crippen molar-refractivity contribution in [1.82, 2.24) is 15.5 Å². The summed E-state index contributed by atoms with van der Waals surface area (Å²) < 4.78 is 5.12. The summed E-state index contributed by atoms with van der Waals surface area (Å²) in [4.78, 5) is 49.8. The Bertz CT molecular complexity index is 1040. The lowest BCUT2D eigenvalue weighted by Crippen LogP contribution is -2.43. The summed E-state index contributed by atoms with van der Waals surface area (Å²) in [7, 11) is 1.53. The van der Waals surface area contributed by atoms with Crippen molar-refractivity contribution >= 4 is 29.6 Å². The van der Waals surface area contributed by atoms with Crippen LogP contribution in [0.25, 0.3) is 0 Å². The summed E-state index contributed by atoms with van der Waals surface area (Å²) in [6.07, 6.45) is 0. The summed E-state index contributed by atoms with van der Waals surface area (Å²) in [6.45, 7) is 2.95. The maximum absolute atomic E-state index is 13.0. The van der Waals surface area contributed by atoms with Crippen LogP contribution in [0.5, 0.6) is 5.75 Å². The first-order valence-electron chi connectivity index (χ1n) is 9.88. The largest absolute Gasteiger partial charge is 0.497 e. The van der Waals surface area contributed by atoms with Crippen molar-refractivity contribution in [2.75, 3.05) is 19.0 Å². The fourth-order valence-corrected chi connectivity index (χ4v) is 3.47. The normalized spacial score (nSPS) is 18.7. The van der Waals surface area contributed by atoms with Gasteiger partial charge in [0, 0.05) is 5.69 Å². The van der Waals surface area contributed by atoms with Gasteiger partial charge in [-0.2, -0.15) is 0 Å². The molecule has 1 aliphatic heterocycles. The third kappa shape index (κ3) is 4.64. The highest BCUT2D eigenvalue weighted by Crippen LogP contribution is 2.30. The molecule has 168 valence electrons. The van der Waals surface area contributed by atoms with Crippen molar-refractivity contribution in [3.05, 3.63) is 59.7 Å². The first-order valence-corrected chi connectivity index (χ1v) is 9.88. The van der Waals surface area contributed by atoms with E-state index in [0.717, 1.165) is 10.5 Å². The summed E-state index contributed by atoms with van der Waals surface area (Å²) in [5.74, 6) is -0.380. The molecule has 1 fully saturated rings. The fraction of sp³-hybridized carbons (Fsp3) is 0.273. The van der Waals surface area contributed by atoms with Crippen molar-refractivity contribution in [3.8, 4) is 5.75 Å². The molecule has 0 aliphatic carbocycles. The van der Waals surface area contributed by atoms with E-state index in [-0.39, 0.29) is 6.04 Å². The van der Waals surface area contributed by atoms with Crippen molar-refractivity contribution in [1.29, 1.82) is 0 Å². The highest BCUT2D eigenvalue weighted by molar-refractivity contribution is 6.09. The van der Waals surface area contributed by atoms with Crippen LogP contribution in [0.15, 0.2) is 48.5 Å². The molecule has 10 nitrogen and oxygen atoms in total. The lowest BCUT2D eigenvalue weighted by atomic mass is 9.92. The summed E-state index contributed by atoms with van der Waals surface area (Å²) >= 11 is 0. The number of primary amides is 1. The number of nitrogens with one attached hydrogen (secondary N) is 3. The SMILES string of the molecule is COc1ccc(C2(C)NC(=O)N(CC(=O)NC(C)c3ccc(NC(N)=O)cc3)C2=O)cc1. The third-order valence-corrected chi connectivity index (χ3v) is 5.30. The van der Waals surface area contributed by atoms with Gasteiger partial charge in [-0.05, 0) is 49.2 Å². The van der Waals surface area contributed by atoms with E-state index in [0.29, 0.717) is 17.0 Å². The van der Waals surface area contributed by atoms with E-state index in [1.807, 2.05) is 0 Å². The minimum absolute atomic E-state index is 0.390. The number of methoxy groups -OCH3 is 1. The number of carbonyl (C=O) groups is 4. The van der Waals surface area contributed by atoms with Crippen LogP contribution in [-0.2, 0) is 15.1 Å². The van der Waals surface area contributed by atoms with Crippen LogP contribution in [-0.4, -0.2) is 42.4 Å². The molecule has 2 aromatic rings. The minimum Gasteiger partial charge on any atom is -0.497 e. The average Bonchev–Trinajstić information content (AvgIpc) is 2.97. The molecule has 0 spiro atoms. The van der Waals surface area contributed by atoms with Gasteiger partial charge in [-0.3, -0.25) is 14.5 Å². The van der Waals surface area contributed by atoms with Crippen LogP contribution in [0.3, 0.4) is 0 Å². The second kappa shape index (κ2) is 8.96. The Kier molecular flexibility index (Phi) is 6.33. The lowest BCUT2D eigenvalue weighted by molar-refractivity contribution is -0.135. The number of carbonyl (C=O) groups excluding carboxylic acids is 4. The number of nitrogens with two attached hydrogens (primary N) is 1. The number of ether oxygens (including phenoxy) is 1. The minimum atomic E-state index is -1.28. The van der Waals surface area contributed by atoms with E-state index in [2.05, 4.69) is 16.0 Å². The molecule has 0 bridgehead atoms. The smallest absolute Gasteiger partial charge is 0.325 e. The molecule has 32 heavy (non-hydrogen) atoms. The topological polar surface area (TPSA) is 143 Å². The van der Waals surface area contributed by atoms with Gasteiger partial charge in [-0.1, -0.05) is 24.3 Å². The molecule has 1 aliphatic rings. The van der Waals surface area contributed by atoms with Crippen molar-refractivity contribution in [2.24, 2.45) is 5.73 Å².